The molecule has 5 heteroatoms. The molecular formula is C16H21BrO4. The van der Waals surface area contributed by atoms with E-state index in [0.29, 0.717) is 28.8 Å². The van der Waals surface area contributed by atoms with E-state index in [-0.39, 0.29) is 5.92 Å². The predicted molar refractivity (Wildman–Crippen MR) is 84.5 cm³/mol. The van der Waals surface area contributed by atoms with Gasteiger partial charge in [-0.15, -0.1) is 0 Å². The highest BCUT2D eigenvalue weighted by Gasteiger charge is 2.48. The summed E-state index contributed by atoms with van der Waals surface area (Å²) in [5.41, 5.74) is 0.914. The number of methoxy groups -OCH3 is 2. The molecule has 0 atom stereocenters. The summed E-state index contributed by atoms with van der Waals surface area (Å²) in [7, 11) is 3.17. The smallest absolute Gasteiger partial charge is 0.314 e. The monoisotopic (exact) mass is 356 g/mol. The van der Waals surface area contributed by atoms with Gasteiger partial charge in [0.05, 0.1) is 19.6 Å². The molecule has 0 radical (unpaired) electrons. The highest BCUT2D eigenvalue weighted by Crippen LogP contribution is 2.52. The zero-order valence-electron chi connectivity index (χ0n) is 12.8. The third-order valence-electron chi connectivity index (χ3n) is 4.37. The summed E-state index contributed by atoms with van der Waals surface area (Å²) >= 11 is 3.52. The number of aliphatic carboxylic acids is 1. The van der Waals surface area contributed by atoms with Gasteiger partial charge in [-0.2, -0.15) is 0 Å². The van der Waals surface area contributed by atoms with Gasteiger partial charge in [-0.25, -0.2) is 0 Å². The molecule has 4 nitrogen and oxygen atoms in total. The van der Waals surface area contributed by atoms with E-state index in [0.717, 1.165) is 17.5 Å². The molecule has 0 heterocycles. The fraction of sp³-hybridized carbons (Fsp3) is 0.562. The summed E-state index contributed by atoms with van der Waals surface area (Å²) in [4.78, 5) is 11.8. The summed E-state index contributed by atoms with van der Waals surface area (Å²) in [5.74, 6) is 0.731. The first kappa shape index (κ1) is 16.1. The van der Waals surface area contributed by atoms with E-state index in [1.807, 2.05) is 6.07 Å². The van der Waals surface area contributed by atoms with Crippen LogP contribution in [0.2, 0.25) is 0 Å². The Morgan fingerprint density at radius 3 is 2.19 bits per heavy atom. The normalized spacial score (nSPS) is 16.5. The van der Waals surface area contributed by atoms with E-state index in [1.54, 1.807) is 14.2 Å². The van der Waals surface area contributed by atoms with Gasteiger partial charge in [-0.05, 0) is 46.3 Å². The highest BCUT2D eigenvalue weighted by molar-refractivity contribution is 9.10. The lowest BCUT2D eigenvalue weighted by Gasteiger charge is -2.39. The van der Waals surface area contributed by atoms with Crippen LogP contribution < -0.4 is 9.47 Å². The van der Waals surface area contributed by atoms with Crippen molar-refractivity contribution in [3.63, 3.8) is 0 Å². The third-order valence-corrected chi connectivity index (χ3v) is 5.09. The number of hydrogen-bond acceptors (Lipinski definition) is 3. The maximum absolute atomic E-state index is 11.8. The first-order chi connectivity index (χ1) is 9.89. The molecule has 1 N–H and O–H groups in total. The quantitative estimate of drug-likeness (QED) is 0.862. The van der Waals surface area contributed by atoms with Crippen LogP contribution in [0.15, 0.2) is 10.5 Å². The Balaban J connectivity index is 2.73. The molecule has 1 saturated carbocycles. The van der Waals surface area contributed by atoms with Crippen LogP contribution in [-0.2, 0) is 10.2 Å². The lowest BCUT2D eigenvalue weighted by atomic mass is 9.63. The first-order valence-electron chi connectivity index (χ1n) is 7.07. The van der Waals surface area contributed by atoms with Gasteiger partial charge in [0, 0.05) is 5.56 Å². The number of halogens is 1. The number of hydrogen-bond donors (Lipinski definition) is 1. The standard InChI is InChI=1S/C16H21BrO4/c1-9(2)10-8-11(16(15(18)19)6-5-7-16)14(21-4)12(17)13(10)20-3/h8-9H,5-7H2,1-4H3,(H,18,19). The van der Waals surface area contributed by atoms with Gasteiger partial charge in [0.25, 0.3) is 0 Å². The van der Waals surface area contributed by atoms with Crippen molar-refractivity contribution in [2.24, 2.45) is 0 Å². The van der Waals surface area contributed by atoms with Gasteiger partial charge in [0.1, 0.15) is 16.0 Å². The van der Waals surface area contributed by atoms with Crippen molar-refractivity contribution < 1.29 is 19.4 Å². The Morgan fingerprint density at radius 1 is 1.29 bits per heavy atom. The zero-order valence-corrected chi connectivity index (χ0v) is 14.4. The number of carboxylic acids is 1. The Kier molecular flexibility index (Phi) is 4.51. The molecule has 0 saturated heterocycles. The topological polar surface area (TPSA) is 55.8 Å². The molecule has 1 fully saturated rings. The molecule has 0 amide bonds. The summed E-state index contributed by atoms with van der Waals surface area (Å²) in [6, 6.07) is 1.94. The van der Waals surface area contributed by atoms with Crippen molar-refractivity contribution in [1.29, 1.82) is 0 Å². The number of rotatable bonds is 5. The first-order valence-corrected chi connectivity index (χ1v) is 7.86. The Labute approximate surface area is 133 Å². The van der Waals surface area contributed by atoms with Crippen LogP contribution in [0.3, 0.4) is 0 Å². The van der Waals surface area contributed by atoms with E-state index < -0.39 is 11.4 Å². The Morgan fingerprint density at radius 2 is 1.86 bits per heavy atom. The van der Waals surface area contributed by atoms with Gasteiger partial charge in [0.2, 0.25) is 0 Å². The van der Waals surface area contributed by atoms with Crippen molar-refractivity contribution >= 4 is 21.9 Å². The van der Waals surface area contributed by atoms with Gasteiger partial charge in [-0.1, -0.05) is 20.3 Å². The van der Waals surface area contributed by atoms with E-state index in [9.17, 15) is 9.90 Å². The molecule has 0 spiro atoms. The molecule has 1 aromatic carbocycles. The minimum absolute atomic E-state index is 0.229. The molecule has 0 bridgehead atoms. The number of ether oxygens (including phenoxy) is 2. The van der Waals surface area contributed by atoms with Crippen molar-refractivity contribution in [3.05, 3.63) is 21.7 Å². The van der Waals surface area contributed by atoms with Crippen LogP contribution in [-0.4, -0.2) is 25.3 Å². The Hall–Kier alpha value is -1.23. The molecule has 0 aliphatic heterocycles. The molecule has 21 heavy (non-hydrogen) atoms. The van der Waals surface area contributed by atoms with Crippen molar-refractivity contribution in [2.45, 2.75) is 44.4 Å². The minimum atomic E-state index is -0.830. The molecular weight excluding hydrogens is 336 g/mol. The predicted octanol–water partition coefficient (Wildman–Crippen LogP) is 4.10. The molecule has 1 aliphatic rings. The average molecular weight is 357 g/mol. The lowest BCUT2D eigenvalue weighted by Crippen LogP contribution is -2.42. The van der Waals surface area contributed by atoms with Crippen LogP contribution in [0.25, 0.3) is 0 Å². The fourth-order valence-corrected chi connectivity index (χ4v) is 3.72. The van der Waals surface area contributed by atoms with Crippen LogP contribution in [0.1, 0.15) is 50.2 Å². The minimum Gasteiger partial charge on any atom is -0.495 e. The van der Waals surface area contributed by atoms with Gasteiger partial charge in [0.15, 0.2) is 0 Å². The second-order valence-electron chi connectivity index (χ2n) is 5.79. The van der Waals surface area contributed by atoms with E-state index in [4.69, 9.17) is 9.47 Å². The second kappa shape index (κ2) is 5.87. The SMILES string of the molecule is COc1c(C(C)C)cc(C2(C(=O)O)CCC2)c(OC)c1Br. The fourth-order valence-electron chi connectivity index (χ4n) is 2.95. The molecule has 2 rings (SSSR count). The van der Waals surface area contributed by atoms with Gasteiger partial charge >= 0.3 is 5.97 Å². The zero-order chi connectivity index (χ0) is 15.8. The largest absolute Gasteiger partial charge is 0.495 e. The molecule has 0 unspecified atom stereocenters. The summed E-state index contributed by atoms with van der Waals surface area (Å²) in [6.07, 6.45) is 2.22. The number of benzene rings is 1. The lowest BCUT2D eigenvalue weighted by molar-refractivity contribution is -0.147. The number of carboxylic acid groups (broad SMARTS) is 1. The number of carbonyl (C=O) groups is 1. The van der Waals surface area contributed by atoms with Gasteiger partial charge in [-0.3, -0.25) is 4.79 Å². The van der Waals surface area contributed by atoms with Crippen molar-refractivity contribution in [2.75, 3.05) is 14.2 Å². The van der Waals surface area contributed by atoms with Crippen molar-refractivity contribution in [1.82, 2.24) is 0 Å². The van der Waals surface area contributed by atoms with Crippen LogP contribution in [0.5, 0.6) is 11.5 Å². The summed E-state index contributed by atoms with van der Waals surface area (Å²) < 4.78 is 11.7. The second-order valence-corrected chi connectivity index (χ2v) is 6.58. The maximum Gasteiger partial charge on any atom is 0.314 e. The maximum atomic E-state index is 11.8. The van der Waals surface area contributed by atoms with Crippen LogP contribution in [0, 0.1) is 0 Å². The average Bonchev–Trinajstić information content (AvgIpc) is 2.36. The van der Waals surface area contributed by atoms with Crippen molar-refractivity contribution in [3.8, 4) is 11.5 Å². The Bertz CT molecular complexity index is 562. The van der Waals surface area contributed by atoms with Crippen LogP contribution in [0.4, 0.5) is 0 Å². The molecule has 116 valence electrons. The van der Waals surface area contributed by atoms with E-state index in [1.165, 1.54) is 0 Å². The summed E-state index contributed by atoms with van der Waals surface area (Å²) in [5, 5.41) is 9.70. The highest BCUT2D eigenvalue weighted by atomic mass is 79.9. The summed E-state index contributed by atoms with van der Waals surface area (Å²) in [6.45, 7) is 4.13. The molecule has 1 aromatic rings. The van der Waals surface area contributed by atoms with Gasteiger partial charge < -0.3 is 14.6 Å². The van der Waals surface area contributed by atoms with E-state index >= 15 is 0 Å². The third kappa shape index (κ3) is 2.41. The molecule has 1 aliphatic carbocycles. The molecule has 0 aromatic heterocycles. The van der Waals surface area contributed by atoms with E-state index in [2.05, 4.69) is 29.8 Å². The van der Waals surface area contributed by atoms with Crippen LogP contribution >= 0.6 is 15.9 Å².